The number of carbonyl (C=O) groups is 1. The van der Waals surface area contributed by atoms with Crippen LogP contribution < -0.4 is 3.98 Å². The normalized spacial score (nSPS) is 16.4. The van der Waals surface area contributed by atoms with E-state index < -0.39 is 4.92 Å². The standard InChI is InChI=1S/C10H5N3O3S4/c14-8-4-18-10(17)12(8)11-9-19-6-2-1-5(13(15)16)3-7(6)20-9/h1-3H,4H2. The van der Waals surface area contributed by atoms with Gasteiger partial charge in [0.2, 0.25) is 0 Å². The Balaban J connectivity index is 2.07. The van der Waals surface area contributed by atoms with Crippen molar-refractivity contribution in [1.29, 1.82) is 0 Å². The highest BCUT2D eigenvalue weighted by atomic mass is 32.2. The first kappa shape index (κ1) is 13.6. The van der Waals surface area contributed by atoms with Gasteiger partial charge in [-0.05, 0) is 6.07 Å². The summed E-state index contributed by atoms with van der Waals surface area (Å²) in [5, 5.41) is 16.2. The number of benzene rings is 1. The van der Waals surface area contributed by atoms with Gasteiger partial charge >= 0.3 is 0 Å². The minimum Gasteiger partial charge on any atom is -0.272 e. The second-order valence-corrected chi connectivity index (χ2v) is 7.65. The van der Waals surface area contributed by atoms with E-state index >= 15 is 0 Å². The Morgan fingerprint density at radius 2 is 2.10 bits per heavy atom. The lowest BCUT2D eigenvalue weighted by molar-refractivity contribution is -0.384. The summed E-state index contributed by atoms with van der Waals surface area (Å²) in [5.41, 5.74) is 0.0430. The van der Waals surface area contributed by atoms with Crippen LogP contribution in [0.3, 0.4) is 0 Å². The number of carbonyl (C=O) groups excluding carboxylic acids is 1. The molecule has 2 heterocycles. The zero-order valence-corrected chi connectivity index (χ0v) is 12.9. The number of nitrogens with zero attached hydrogens (tertiary/aromatic N) is 3. The van der Waals surface area contributed by atoms with Crippen LogP contribution in [-0.4, -0.2) is 25.9 Å². The van der Waals surface area contributed by atoms with Gasteiger partial charge in [-0.25, -0.2) is 0 Å². The van der Waals surface area contributed by atoms with Crippen LogP contribution in [0, 0.1) is 10.1 Å². The summed E-state index contributed by atoms with van der Waals surface area (Å²) in [5.74, 6) is 0.166. The Bertz CT molecular complexity index is 793. The van der Waals surface area contributed by atoms with Crippen molar-refractivity contribution in [2.24, 2.45) is 5.10 Å². The van der Waals surface area contributed by atoms with Crippen LogP contribution in [0.4, 0.5) is 5.69 Å². The van der Waals surface area contributed by atoms with Crippen LogP contribution in [0.15, 0.2) is 23.3 Å². The van der Waals surface area contributed by atoms with Crippen molar-refractivity contribution >= 4 is 72.0 Å². The summed E-state index contributed by atoms with van der Waals surface area (Å²) in [6.07, 6.45) is 0. The lowest BCUT2D eigenvalue weighted by atomic mass is 10.3. The summed E-state index contributed by atoms with van der Waals surface area (Å²) in [4.78, 5) is 21.9. The second-order valence-electron chi connectivity index (χ2n) is 3.72. The molecule has 0 spiro atoms. The Morgan fingerprint density at radius 1 is 1.35 bits per heavy atom. The average molecular weight is 343 g/mol. The van der Waals surface area contributed by atoms with E-state index in [1.807, 2.05) is 0 Å². The number of thiocarbonyl (C=S) groups is 1. The van der Waals surface area contributed by atoms with E-state index in [-0.39, 0.29) is 11.6 Å². The highest BCUT2D eigenvalue weighted by Gasteiger charge is 2.26. The van der Waals surface area contributed by atoms with Crippen molar-refractivity contribution in [3.8, 4) is 0 Å². The molecular weight excluding hydrogens is 338 g/mol. The third-order valence-corrected chi connectivity index (χ3v) is 6.06. The van der Waals surface area contributed by atoms with E-state index in [0.29, 0.717) is 14.1 Å². The van der Waals surface area contributed by atoms with E-state index in [9.17, 15) is 14.9 Å². The number of amides is 1. The fourth-order valence-corrected chi connectivity index (χ4v) is 4.72. The monoisotopic (exact) mass is 343 g/mol. The van der Waals surface area contributed by atoms with E-state index in [1.165, 1.54) is 51.6 Å². The van der Waals surface area contributed by atoms with Gasteiger partial charge in [0.05, 0.1) is 15.4 Å². The molecule has 1 saturated heterocycles. The molecule has 1 aliphatic heterocycles. The smallest absolute Gasteiger partial charge is 0.270 e. The molecule has 10 heteroatoms. The van der Waals surface area contributed by atoms with Gasteiger partial charge in [0.15, 0.2) is 8.31 Å². The first-order valence-electron chi connectivity index (χ1n) is 5.27. The quantitative estimate of drug-likeness (QED) is 0.476. The number of nitro groups is 1. The molecule has 1 amide bonds. The highest BCUT2D eigenvalue weighted by Crippen LogP contribution is 2.26. The van der Waals surface area contributed by atoms with Gasteiger partial charge in [-0.3, -0.25) is 14.9 Å². The molecule has 1 aromatic carbocycles. The molecule has 0 bridgehead atoms. The zero-order valence-electron chi connectivity index (χ0n) is 9.64. The maximum absolute atomic E-state index is 11.6. The molecule has 1 aliphatic rings. The van der Waals surface area contributed by atoms with Gasteiger partial charge in [0.1, 0.15) is 0 Å². The molecule has 1 fully saturated rings. The van der Waals surface area contributed by atoms with Crippen molar-refractivity contribution in [1.82, 2.24) is 5.01 Å². The molecule has 102 valence electrons. The predicted molar refractivity (Wildman–Crippen MR) is 83.8 cm³/mol. The average Bonchev–Trinajstić information content (AvgIpc) is 2.95. The van der Waals surface area contributed by atoms with Crippen molar-refractivity contribution in [2.75, 3.05) is 5.75 Å². The molecule has 0 radical (unpaired) electrons. The topological polar surface area (TPSA) is 75.8 Å². The van der Waals surface area contributed by atoms with E-state index in [2.05, 4.69) is 5.10 Å². The number of hydrogen-bond donors (Lipinski definition) is 0. The molecular formula is C10H5N3O3S4. The van der Waals surface area contributed by atoms with Crippen molar-refractivity contribution < 1.29 is 9.72 Å². The molecule has 0 aliphatic carbocycles. The largest absolute Gasteiger partial charge is 0.272 e. The summed E-state index contributed by atoms with van der Waals surface area (Å²) < 4.78 is 2.74. The number of rotatable bonds is 2. The molecule has 0 N–H and O–H groups in total. The minimum absolute atomic E-state index is 0.0430. The van der Waals surface area contributed by atoms with E-state index in [0.717, 1.165) is 9.40 Å². The molecule has 3 rings (SSSR count). The van der Waals surface area contributed by atoms with Crippen molar-refractivity contribution in [2.45, 2.75) is 0 Å². The Hall–Kier alpha value is -1.36. The van der Waals surface area contributed by atoms with Gasteiger partial charge in [0, 0.05) is 16.8 Å². The van der Waals surface area contributed by atoms with E-state index in [4.69, 9.17) is 12.2 Å². The number of hydrogen-bond acceptors (Lipinski definition) is 8. The third kappa shape index (κ3) is 2.46. The van der Waals surface area contributed by atoms with Gasteiger partial charge in [-0.1, -0.05) is 24.0 Å². The number of fused-ring (bicyclic) bond motifs is 1. The summed E-state index contributed by atoms with van der Waals surface area (Å²) >= 11 is 9.01. The van der Waals surface area contributed by atoms with Gasteiger partial charge < -0.3 is 0 Å². The van der Waals surface area contributed by atoms with Crippen molar-refractivity contribution in [3.63, 3.8) is 0 Å². The maximum Gasteiger partial charge on any atom is 0.270 e. The van der Waals surface area contributed by atoms with Gasteiger partial charge in [0.25, 0.3) is 11.6 Å². The Kier molecular flexibility index (Phi) is 3.54. The highest BCUT2D eigenvalue weighted by molar-refractivity contribution is 8.23. The van der Waals surface area contributed by atoms with Gasteiger partial charge in [-0.15, -0.1) is 27.8 Å². The minimum atomic E-state index is -0.434. The Morgan fingerprint density at radius 3 is 2.75 bits per heavy atom. The number of non-ortho nitro benzene ring substituents is 1. The first-order valence-corrected chi connectivity index (χ1v) is 8.30. The number of nitro benzene ring substituents is 1. The molecule has 1 aromatic heterocycles. The predicted octanol–water partition coefficient (Wildman–Crippen LogP) is 2.55. The van der Waals surface area contributed by atoms with Crippen LogP contribution in [0.1, 0.15) is 0 Å². The van der Waals surface area contributed by atoms with Crippen molar-refractivity contribution in [3.05, 3.63) is 32.3 Å². The molecule has 0 saturated carbocycles. The van der Waals surface area contributed by atoms with Crippen LogP contribution in [0.2, 0.25) is 0 Å². The zero-order chi connectivity index (χ0) is 14.3. The summed E-state index contributed by atoms with van der Waals surface area (Å²) in [6, 6.07) is 4.65. The molecule has 6 nitrogen and oxygen atoms in total. The fraction of sp³-hybridized carbons (Fsp3) is 0.100. The lowest BCUT2D eigenvalue weighted by Crippen LogP contribution is -2.24. The van der Waals surface area contributed by atoms with E-state index in [1.54, 1.807) is 6.07 Å². The summed E-state index contributed by atoms with van der Waals surface area (Å²) in [7, 11) is 0. The van der Waals surface area contributed by atoms with Crippen LogP contribution in [-0.2, 0) is 4.79 Å². The molecule has 0 atom stereocenters. The Labute approximate surface area is 129 Å². The van der Waals surface area contributed by atoms with Crippen LogP contribution in [0.25, 0.3) is 9.40 Å². The molecule has 20 heavy (non-hydrogen) atoms. The van der Waals surface area contributed by atoms with Crippen LogP contribution >= 0.6 is 46.7 Å². The summed E-state index contributed by atoms with van der Waals surface area (Å²) in [6.45, 7) is 0. The molecule has 0 unspecified atom stereocenters. The molecule has 2 aromatic rings. The lowest BCUT2D eigenvalue weighted by Gasteiger charge is -2.04. The van der Waals surface area contributed by atoms with Gasteiger partial charge in [-0.2, -0.15) is 5.01 Å². The SMILES string of the molecule is O=C1CSC(=S)N1N=c1sc2ccc([N+](=O)[O-])cc2s1. The second kappa shape index (κ2) is 5.20. The maximum atomic E-state index is 11.6. The third-order valence-electron chi connectivity index (χ3n) is 2.44. The van der Waals surface area contributed by atoms with Crippen LogP contribution in [0.5, 0.6) is 0 Å². The number of thioether (sulfide) groups is 1. The first-order chi connectivity index (χ1) is 9.54. The fourth-order valence-electron chi connectivity index (χ4n) is 1.55.